The second-order valence-electron chi connectivity index (χ2n) is 10.6. The maximum absolute atomic E-state index is 6.39. The summed E-state index contributed by atoms with van der Waals surface area (Å²) in [7, 11) is 0. The molecule has 1 saturated heterocycles. The number of piperidine rings is 1. The fraction of sp³-hybridized carbons (Fsp3) is 0.533. The predicted octanol–water partition coefficient (Wildman–Crippen LogP) is 6.74. The highest BCUT2D eigenvalue weighted by atomic mass is 35.5. The molecule has 0 bridgehead atoms. The third kappa shape index (κ3) is 8.76. The van der Waals surface area contributed by atoms with E-state index in [0.717, 1.165) is 50.5 Å². The number of nitrogens with two attached hydrogens (primary N) is 1. The molecular weight excluding hydrogens is 438 g/mol. The van der Waals surface area contributed by atoms with Gasteiger partial charge in [0.1, 0.15) is 0 Å². The Labute approximate surface area is 213 Å². The largest absolute Gasteiger partial charge is 0.365 e. The topological polar surface area (TPSA) is 32.5 Å². The highest BCUT2D eigenvalue weighted by molar-refractivity contribution is 6.30. The minimum atomic E-state index is 0.291. The molecule has 34 heavy (non-hydrogen) atoms. The van der Waals surface area contributed by atoms with Crippen LogP contribution in [-0.4, -0.2) is 43.2 Å². The molecule has 1 aliphatic heterocycles. The molecule has 2 aromatic rings. The lowest BCUT2D eigenvalue weighted by Gasteiger charge is -2.40. The van der Waals surface area contributed by atoms with E-state index in [4.69, 9.17) is 17.3 Å². The van der Waals surface area contributed by atoms with Crippen molar-refractivity contribution in [3.63, 3.8) is 0 Å². The van der Waals surface area contributed by atoms with Gasteiger partial charge in [-0.3, -0.25) is 0 Å². The van der Waals surface area contributed by atoms with Gasteiger partial charge in [0.2, 0.25) is 0 Å². The van der Waals surface area contributed by atoms with Crippen LogP contribution in [0.4, 0.5) is 5.69 Å². The number of rotatable bonds is 11. The van der Waals surface area contributed by atoms with E-state index in [1.165, 1.54) is 35.2 Å². The Kier molecular flexibility index (Phi) is 10.5. The van der Waals surface area contributed by atoms with Gasteiger partial charge in [0.25, 0.3) is 0 Å². The number of allylic oxidation sites excluding steroid dienone is 1. The number of likely N-dealkylation sites (tertiary alicyclic amines) is 1. The van der Waals surface area contributed by atoms with Crippen LogP contribution in [0.15, 0.2) is 60.2 Å². The van der Waals surface area contributed by atoms with E-state index in [-0.39, 0.29) is 0 Å². The van der Waals surface area contributed by atoms with Crippen molar-refractivity contribution in [2.45, 2.75) is 71.9 Å². The first-order valence-corrected chi connectivity index (χ1v) is 13.4. The lowest BCUT2D eigenvalue weighted by Crippen LogP contribution is -2.48. The number of hydrogen-bond donors (Lipinski definition) is 1. The van der Waals surface area contributed by atoms with E-state index in [1.54, 1.807) is 0 Å². The summed E-state index contributed by atoms with van der Waals surface area (Å²) < 4.78 is 0. The first-order chi connectivity index (χ1) is 16.3. The molecule has 2 aromatic carbocycles. The van der Waals surface area contributed by atoms with E-state index in [0.29, 0.717) is 18.0 Å². The number of anilines is 1. The Morgan fingerprint density at radius 1 is 1.00 bits per heavy atom. The average Bonchev–Trinajstić information content (AvgIpc) is 2.80. The van der Waals surface area contributed by atoms with Gasteiger partial charge >= 0.3 is 0 Å². The second-order valence-corrected chi connectivity index (χ2v) is 11.1. The summed E-state index contributed by atoms with van der Waals surface area (Å²) in [6.07, 6.45) is 7.95. The van der Waals surface area contributed by atoms with E-state index < -0.39 is 0 Å². The highest BCUT2D eigenvalue weighted by Crippen LogP contribution is 2.25. The molecule has 3 nitrogen and oxygen atoms in total. The van der Waals surface area contributed by atoms with Gasteiger partial charge in [-0.15, -0.1) is 0 Å². The van der Waals surface area contributed by atoms with Crippen LogP contribution < -0.4 is 10.6 Å². The van der Waals surface area contributed by atoms with Crippen LogP contribution in [0.3, 0.4) is 0 Å². The molecule has 1 atom stereocenters. The third-order valence-corrected chi connectivity index (χ3v) is 7.10. The molecule has 3 rings (SSSR count). The van der Waals surface area contributed by atoms with Crippen LogP contribution in [0.2, 0.25) is 5.02 Å². The quantitative estimate of drug-likeness (QED) is 0.361. The van der Waals surface area contributed by atoms with Crippen molar-refractivity contribution < 1.29 is 0 Å². The Balaban J connectivity index is 1.59. The summed E-state index contributed by atoms with van der Waals surface area (Å²) in [6, 6.07) is 18.3. The number of aryl methyl sites for hydroxylation is 2. The van der Waals surface area contributed by atoms with Crippen LogP contribution in [0.5, 0.6) is 0 Å². The van der Waals surface area contributed by atoms with Gasteiger partial charge in [-0.25, -0.2) is 0 Å². The van der Waals surface area contributed by atoms with Crippen molar-refractivity contribution in [1.29, 1.82) is 0 Å². The monoisotopic (exact) mass is 481 g/mol. The van der Waals surface area contributed by atoms with Crippen molar-refractivity contribution in [2.75, 3.05) is 31.1 Å². The predicted molar refractivity (Wildman–Crippen MR) is 149 cm³/mol. The second kappa shape index (κ2) is 13.3. The molecule has 4 heteroatoms. The molecule has 1 heterocycles. The van der Waals surface area contributed by atoms with Gasteiger partial charge in [0.05, 0.1) is 0 Å². The van der Waals surface area contributed by atoms with Crippen LogP contribution >= 0.6 is 11.6 Å². The summed E-state index contributed by atoms with van der Waals surface area (Å²) in [5.74, 6) is 0.668. The lowest BCUT2D eigenvalue weighted by molar-refractivity contribution is 0.193. The van der Waals surface area contributed by atoms with Gasteiger partial charge < -0.3 is 15.5 Å². The third-order valence-electron chi connectivity index (χ3n) is 6.84. The standard InChI is InChI=1S/C30H44ClN3/c1-23(2)15-20-34(30-16-18-33(19-17-30)22-28(32)21-24(3)4)29-13-9-26(10-14-29)6-5-25-7-11-27(31)12-8-25/h7-15,24,28,30H,5-6,16-22,32H2,1-4H3/t28-/m0/s1. The number of nitrogens with zero attached hydrogens (tertiary/aromatic N) is 2. The number of halogens is 1. The zero-order valence-corrected chi connectivity index (χ0v) is 22.4. The first-order valence-electron chi connectivity index (χ1n) is 13.0. The Hall–Kier alpha value is -1.81. The van der Waals surface area contributed by atoms with Crippen LogP contribution in [0.25, 0.3) is 0 Å². The van der Waals surface area contributed by atoms with Gasteiger partial charge in [-0.2, -0.15) is 0 Å². The molecule has 0 aromatic heterocycles. The SMILES string of the molecule is CC(C)=CCN(c1ccc(CCc2ccc(Cl)cc2)cc1)C1CCN(C[C@@H](N)CC(C)C)CC1. The molecule has 0 amide bonds. The maximum Gasteiger partial charge on any atom is 0.0406 e. The highest BCUT2D eigenvalue weighted by Gasteiger charge is 2.25. The molecule has 0 unspecified atom stereocenters. The van der Waals surface area contributed by atoms with Crippen molar-refractivity contribution in [2.24, 2.45) is 11.7 Å². The van der Waals surface area contributed by atoms with Crippen LogP contribution in [0.1, 0.15) is 58.1 Å². The summed E-state index contributed by atoms with van der Waals surface area (Å²) in [4.78, 5) is 5.18. The lowest BCUT2D eigenvalue weighted by atomic mass is 9.99. The Bertz CT molecular complexity index is 876. The molecule has 186 valence electrons. The molecule has 0 spiro atoms. The summed E-state index contributed by atoms with van der Waals surface area (Å²) >= 11 is 6.02. The smallest absolute Gasteiger partial charge is 0.0406 e. The number of hydrogen-bond acceptors (Lipinski definition) is 3. The van der Waals surface area contributed by atoms with Crippen molar-refractivity contribution >= 4 is 17.3 Å². The molecular formula is C30H44ClN3. The maximum atomic E-state index is 6.39. The average molecular weight is 482 g/mol. The van der Waals surface area contributed by atoms with E-state index in [9.17, 15) is 0 Å². The van der Waals surface area contributed by atoms with E-state index in [2.05, 4.69) is 80.0 Å². The van der Waals surface area contributed by atoms with E-state index in [1.807, 2.05) is 12.1 Å². The summed E-state index contributed by atoms with van der Waals surface area (Å²) in [5.41, 5.74) is 11.8. The first kappa shape index (κ1) is 26.8. The zero-order chi connectivity index (χ0) is 24.5. The van der Waals surface area contributed by atoms with Gasteiger partial charge in [0.15, 0.2) is 0 Å². The van der Waals surface area contributed by atoms with Gasteiger partial charge in [-0.1, -0.05) is 61.4 Å². The normalized spacial score (nSPS) is 16.0. The molecule has 0 saturated carbocycles. The van der Waals surface area contributed by atoms with E-state index >= 15 is 0 Å². The summed E-state index contributed by atoms with van der Waals surface area (Å²) in [5, 5.41) is 0.800. The fourth-order valence-corrected chi connectivity index (χ4v) is 5.09. The zero-order valence-electron chi connectivity index (χ0n) is 21.6. The number of benzene rings is 2. The Morgan fingerprint density at radius 2 is 1.56 bits per heavy atom. The van der Waals surface area contributed by atoms with Crippen molar-refractivity contribution in [3.8, 4) is 0 Å². The van der Waals surface area contributed by atoms with Gasteiger partial charge in [0, 0.05) is 49.0 Å². The van der Waals surface area contributed by atoms with Crippen LogP contribution in [-0.2, 0) is 12.8 Å². The minimum Gasteiger partial charge on any atom is -0.365 e. The van der Waals surface area contributed by atoms with Crippen LogP contribution in [0, 0.1) is 5.92 Å². The fourth-order valence-electron chi connectivity index (χ4n) is 4.97. The summed E-state index contributed by atoms with van der Waals surface area (Å²) in [6.45, 7) is 13.2. The molecule has 1 aliphatic rings. The Morgan fingerprint density at radius 3 is 2.09 bits per heavy atom. The van der Waals surface area contributed by atoms with Crippen molar-refractivity contribution in [3.05, 3.63) is 76.3 Å². The van der Waals surface area contributed by atoms with Crippen molar-refractivity contribution in [1.82, 2.24) is 4.90 Å². The molecule has 0 radical (unpaired) electrons. The molecule has 2 N–H and O–H groups in total. The van der Waals surface area contributed by atoms with Gasteiger partial charge in [-0.05, 0) is 87.3 Å². The molecule has 0 aliphatic carbocycles. The minimum absolute atomic E-state index is 0.291. The molecule has 1 fully saturated rings.